The number of carbonyl (C=O) groups is 1. The molecular weight excluding hydrogens is 306 g/mol. The molecule has 0 radical (unpaired) electrons. The van der Waals surface area contributed by atoms with E-state index >= 15 is 0 Å². The molecule has 24 heavy (non-hydrogen) atoms. The number of furan rings is 1. The summed E-state index contributed by atoms with van der Waals surface area (Å²) in [6.45, 7) is 0.239. The number of esters is 1. The Morgan fingerprint density at radius 1 is 1.04 bits per heavy atom. The Morgan fingerprint density at radius 3 is 2.75 bits per heavy atom. The molecule has 4 aromatic rings. The zero-order valence-electron chi connectivity index (χ0n) is 13.0. The van der Waals surface area contributed by atoms with Gasteiger partial charge in [0.2, 0.25) is 5.76 Å². The normalized spacial score (nSPS) is 11.0. The lowest BCUT2D eigenvalue weighted by Crippen LogP contribution is -1.99. The number of nitrogens with one attached hydrogen (secondary N) is 1. The van der Waals surface area contributed by atoms with Crippen molar-refractivity contribution in [2.75, 3.05) is 7.11 Å². The Morgan fingerprint density at radius 2 is 1.88 bits per heavy atom. The van der Waals surface area contributed by atoms with Gasteiger partial charge in [0, 0.05) is 22.4 Å². The Kier molecular flexibility index (Phi) is 3.46. The molecule has 0 aliphatic heterocycles. The monoisotopic (exact) mass is 321 g/mol. The van der Waals surface area contributed by atoms with E-state index in [1.165, 1.54) is 12.5 Å². The average molecular weight is 321 g/mol. The average Bonchev–Trinajstić information content (AvgIpc) is 3.23. The molecule has 0 fully saturated rings. The molecular formula is C19H15NO4. The fraction of sp³-hybridized carbons (Fsp3) is 0.105. The van der Waals surface area contributed by atoms with Crippen molar-refractivity contribution in [2.24, 2.45) is 0 Å². The maximum Gasteiger partial charge on any atom is 0.373 e. The van der Waals surface area contributed by atoms with Gasteiger partial charge in [-0.25, -0.2) is 4.79 Å². The van der Waals surface area contributed by atoms with E-state index in [0.29, 0.717) is 5.76 Å². The number of hydrogen-bond donors (Lipinski definition) is 1. The van der Waals surface area contributed by atoms with Crippen LogP contribution in [0.15, 0.2) is 59.0 Å². The van der Waals surface area contributed by atoms with E-state index in [2.05, 4.69) is 15.8 Å². The van der Waals surface area contributed by atoms with Gasteiger partial charge in [0.25, 0.3) is 0 Å². The predicted molar refractivity (Wildman–Crippen MR) is 90.2 cm³/mol. The highest BCUT2D eigenvalue weighted by molar-refractivity contribution is 6.07. The second-order valence-corrected chi connectivity index (χ2v) is 5.42. The van der Waals surface area contributed by atoms with Crippen molar-refractivity contribution in [3.63, 3.8) is 0 Å². The molecule has 1 N–H and O–H groups in total. The third-order valence-corrected chi connectivity index (χ3v) is 3.91. The smallest absolute Gasteiger partial charge is 0.373 e. The van der Waals surface area contributed by atoms with Crippen LogP contribution in [0.25, 0.3) is 21.8 Å². The molecule has 2 heterocycles. The van der Waals surface area contributed by atoms with Crippen LogP contribution in [0.2, 0.25) is 0 Å². The van der Waals surface area contributed by atoms with E-state index in [1.54, 1.807) is 12.1 Å². The third kappa shape index (κ3) is 2.50. The first kappa shape index (κ1) is 14.4. The van der Waals surface area contributed by atoms with E-state index in [9.17, 15) is 4.79 Å². The zero-order valence-corrected chi connectivity index (χ0v) is 13.0. The van der Waals surface area contributed by atoms with Crippen molar-refractivity contribution in [2.45, 2.75) is 6.61 Å². The van der Waals surface area contributed by atoms with E-state index in [-0.39, 0.29) is 12.4 Å². The van der Waals surface area contributed by atoms with Crippen LogP contribution in [0.1, 0.15) is 16.3 Å². The molecule has 4 rings (SSSR count). The summed E-state index contributed by atoms with van der Waals surface area (Å²) in [6, 6.07) is 17.4. The highest BCUT2D eigenvalue weighted by Crippen LogP contribution is 2.28. The van der Waals surface area contributed by atoms with Crippen LogP contribution >= 0.6 is 0 Å². The quantitative estimate of drug-likeness (QED) is 0.570. The Labute approximate surface area is 137 Å². The van der Waals surface area contributed by atoms with Crippen molar-refractivity contribution in [3.05, 3.63) is 66.1 Å². The summed E-state index contributed by atoms with van der Waals surface area (Å²) in [5.74, 6) is 0.958. The summed E-state index contributed by atoms with van der Waals surface area (Å²) in [6.07, 6.45) is 0. The molecule has 5 nitrogen and oxygen atoms in total. The van der Waals surface area contributed by atoms with Crippen LogP contribution in [0.5, 0.6) is 5.75 Å². The van der Waals surface area contributed by atoms with Crippen LogP contribution in [0.4, 0.5) is 0 Å². The van der Waals surface area contributed by atoms with Crippen molar-refractivity contribution in [1.29, 1.82) is 0 Å². The number of rotatable bonds is 4. The van der Waals surface area contributed by atoms with Gasteiger partial charge in [-0.3, -0.25) is 0 Å². The number of para-hydroxylation sites is 1. The Balaban J connectivity index is 1.55. The number of methoxy groups -OCH3 is 1. The minimum atomic E-state index is -0.499. The third-order valence-electron chi connectivity index (χ3n) is 3.91. The summed E-state index contributed by atoms with van der Waals surface area (Å²) in [4.78, 5) is 14.8. The molecule has 0 saturated carbocycles. The van der Waals surface area contributed by atoms with Crippen LogP contribution in [0.3, 0.4) is 0 Å². The number of hydrogen-bond acceptors (Lipinski definition) is 4. The maximum absolute atomic E-state index is 11.4. The van der Waals surface area contributed by atoms with Gasteiger partial charge in [-0.2, -0.15) is 0 Å². The van der Waals surface area contributed by atoms with Gasteiger partial charge in [0.15, 0.2) is 0 Å². The fourth-order valence-corrected chi connectivity index (χ4v) is 2.74. The number of carbonyl (C=O) groups excluding carboxylic acids is 1. The number of benzene rings is 2. The highest BCUT2D eigenvalue weighted by Gasteiger charge is 2.11. The summed E-state index contributed by atoms with van der Waals surface area (Å²) in [5, 5.41) is 2.34. The lowest BCUT2D eigenvalue weighted by Gasteiger charge is -2.04. The van der Waals surface area contributed by atoms with Gasteiger partial charge in [0.05, 0.1) is 12.6 Å². The minimum absolute atomic E-state index is 0.169. The standard InChI is InChI=1S/C19H15NO4/c1-22-19(21)18-9-7-13(24-18)11-23-12-6-8-15-14-4-2-3-5-16(14)20-17(15)10-12/h2-10,20H,11H2,1H3. The number of ether oxygens (including phenoxy) is 2. The molecule has 0 spiro atoms. The Bertz CT molecular complexity index is 1030. The van der Waals surface area contributed by atoms with Crippen LogP contribution in [0, 0.1) is 0 Å². The van der Waals surface area contributed by atoms with Crippen molar-refractivity contribution in [1.82, 2.24) is 4.98 Å². The van der Waals surface area contributed by atoms with E-state index in [1.807, 2.05) is 36.4 Å². The summed E-state index contributed by atoms with van der Waals surface area (Å²) < 4.78 is 15.8. The lowest BCUT2D eigenvalue weighted by molar-refractivity contribution is 0.0561. The second kappa shape index (κ2) is 5.77. The van der Waals surface area contributed by atoms with E-state index < -0.39 is 5.97 Å². The van der Waals surface area contributed by atoms with Gasteiger partial charge in [-0.15, -0.1) is 0 Å². The fourth-order valence-electron chi connectivity index (χ4n) is 2.74. The Hall–Kier alpha value is -3.21. The SMILES string of the molecule is COC(=O)c1ccc(COc2ccc3c(c2)[nH]c2ccccc23)o1. The van der Waals surface area contributed by atoms with Gasteiger partial charge < -0.3 is 18.9 Å². The van der Waals surface area contributed by atoms with Gasteiger partial charge in [-0.1, -0.05) is 18.2 Å². The highest BCUT2D eigenvalue weighted by atomic mass is 16.5. The number of aromatic amines is 1. The molecule has 0 atom stereocenters. The number of aromatic nitrogens is 1. The molecule has 0 bridgehead atoms. The van der Waals surface area contributed by atoms with E-state index in [4.69, 9.17) is 9.15 Å². The van der Waals surface area contributed by atoms with Gasteiger partial charge in [0.1, 0.15) is 18.1 Å². The van der Waals surface area contributed by atoms with Gasteiger partial charge in [-0.05, 0) is 30.3 Å². The minimum Gasteiger partial charge on any atom is -0.486 e. The number of fused-ring (bicyclic) bond motifs is 3. The van der Waals surface area contributed by atoms with Gasteiger partial charge >= 0.3 is 5.97 Å². The number of H-pyrrole nitrogens is 1. The first-order valence-electron chi connectivity index (χ1n) is 7.55. The van der Waals surface area contributed by atoms with Crippen LogP contribution in [-0.4, -0.2) is 18.1 Å². The molecule has 120 valence electrons. The first-order valence-corrected chi connectivity index (χ1v) is 7.55. The lowest BCUT2D eigenvalue weighted by atomic mass is 10.1. The maximum atomic E-state index is 11.4. The molecule has 0 saturated heterocycles. The predicted octanol–water partition coefficient (Wildman–Crippen LogP) is 4.28. The molecule has 0 amide bonds. The second-order valence-electron chi connectivity index (χ2n) is 5.42. The molecule has 2 aromatic carbocycles. The molecule has 0 aliphatic rings. The molecule has 5 heteroatoms. The van der Waals surface area contributed by atoms with Crippen molar-refractivity contribution >= 4 is 27.8 Å². The van der Waals surface area contributed by atoms with E-state index in [0.717, 1.165) is 22.2 Å². The topological polar surface area (TPSA) is 64.5 Å². The van der Waals surface area contributed by atoms with Crippen molar-refractivity contribution in [3.8, 4) is 5.75 Å². The molecule has 0 unspecified atom stereocenters. The molecule has 2 aromatic heterocycles. The largest absolute Gasteiger partial charge is 0.486 e. The molecule has 0 aliphatic carbocycles. The van der Waals surface area contributed by atoms with Crippen LogP contribution < -0.4 is 4.74 Å². The van der Waals surface area contributed by atoms with Crippen LogP contribution in [-0.2, 0) is 11.3 Å². The zero-order chi connectivity index (χ0) is 16.5. The summed E-state index contributed by atoms with van der Waals surface area (Å²) in [7, 11) is 1.32. The van der Waals surface area contributed by atoms with Crippen molar-refractivity contribution < 1.29 is 18.7 Å². The summed E-state index contributed by atoms with van der Waals surface area (Å²) in [5.41, 5.74) is 2.11. The summed E-state index contributed by atoms with van der Waals surface area (Å²) >= 11 is 0. The first-order chi connectivity index (χ1) is 11.7.